The normalized spacial score (nSPS) is 18.2. The predicted molar refractivity (Wildman–Crippen MR) is 112 cm³/mol. The molecule has 1 unspecified atom stereocenters. The van der Waals surface area contributed by atoms with Crippen molar-refractivity contribution in [1.82, 2.24) is 9.80 Å². The summed E-state index contributed by atoms with van der Waals surface area (Å²) < 4.78 is 0. The lowest BCUT2D eigenvalue weighted by atomic mass is 10.1. The fourth-order valence-corrected chi connectivity index (χ4v) is 3.92. The average Bonchev–Trinajstić information content (AvgIpc) is 2.85. The molecule has 2 amide bonds. The third kappa shape index (κ3) is 4.89. The monoisotopic (exact) mass is 365 g/mol. The molecule has 1 N–H and O–H groups in total. The van der Waals surface area contributed by atoms with Gasteiger partial charge in [0.2, 0.25) is 0 Å². The van der Waals surface area contributed by atoms with Gasteiger partial charge in [-0.2, -0.15) is 0 Å². The number of rotatable bonds is 4. The van der Waals surface area contributed by atoms with Crippen molar-refractivity contribution in [2.24, 2.45) is 0 Å². The van der Waals surface area contributed by atoms with E-state index in [4.69, 9.17) is 0 Å². The predicted octanol–water partition coefficient (Wildman–Crippen LogP) is 4.69. The number of hydrogen-bond donors (Lipinski definition) is 1. The van der Waals surface area contributed by atoms with E-state index in [1.807, 2.05) is 4.90 Å². The molecule has 27 heavy (non-hydrogen) atoms. The Labute approximate surface area is 163 Å². The van der Waals surface area contributed by atoms with Gasteiger partial charge in [-0.3, -0.25) is 4.90 Å². The fourth-order valence-electron chi connectivity index (χ4n) is 3.92. The van der Waals surface area contributed by atoms with Crippen LogP contribution in [0.15, 0.2) is 48.5 Å². The van der Waals surface area contributed by atoms with Crippen LogP contribution in [-0.4, -0.2) is 41.5 Å². The molecule has 4 heteroatoms. The van der Waals surface area contributed by atoms with E-state index in [9.17, 15) is 4.79 Å². The molecule has 1 fully saturated rings. The smallest absolute Gasteiger partial charge is 0.320 e. The topological polar surface area (TPSA) is 35.6 Å². The Kier molecular flexibility index (Phi) is 6.51. The van der Waals surface area contributed by atoms with Crippen LogP contribution in [-0.2, 0) is 13.0 Å². The Morgan fingerprint density at radius 1 is 1.11 bits per heavy atom. The highest BCUT2D eigenvalue weighted by molar-refractivity contribution is 5.91. The first-order valence-electron chi connectivity index (χ1n) is 10.0. The fraction of sp³-hybridized carbons (Fsp3) is 0.435. The molecule has 3 rings (SSSR count). The first-order valence-corrected chi connectivity index (χ1v) is 10.0. The van der Waals surface area contributed by atoms with Crippen LogP contribution in [0.25, 0.3) is 0 Å². The summed E-state index contributed by atoms with van der Waals surface area (Å²) in [5, 5.41) is 3.19. The number of carbonyl (C=O) groups excluding carboxylic acids is 1. The third-order valence-corrected chi connectivity index (χ3v) is 5.41. The van der Waals surface area contributed by atoms with E-state index in [0.29, 0.717) is 0 Å². The van der Waals surface area contributed by atoms with Crippen molar-refractivity contribution >= 4 is 11.7 Å². The van der Waals surface area contributed by atoms with Gasteiger partial charge in [0.15, 0.2) is 0 Å². The van der Waals surface area contributed by atoms with Gasteiger partial charge in [0, 0.05) is 37.9 Å². The van der Waals surface area contributed by atoms with Crippen LogP contribution in [0.3, 0.4) is 0 Å². The molecule has 144 valence electrons. The summed E-state index contributed by atoms with van der Waals surface area (Å²) in [7, 11) is 0. The molecule has 2 aromatic carbocycles. The van der Waals surface area contributed by atoms with Crippen LogP contribution in [0.1, 0.15) is 37.0 Å². The minimum atomic E-state index is 0.0214. The third-order valence-electron chi connectivity index (χ3n) is 5.41. The Hall–Kier alpha value is -2.33. The van der Waals surface area contributed by atoms with Crippen LogP contribution in [0.2, 0.25) is 0 Å². The lowest BCUT2D eigenvalue weighted by molar-refractivity contribution is 0.184. The van der Waals surface area contributed by atoms with Crippen LogP contribution in [0.4, 0.5) is 10.5 Å². The number of nitrogens with one attached hydrogen (secondary N) is 1. The number of carbonyl (C=O) groups is 1. The maximum atomic E-state index is 13.0. The number of anilines is 1. The van der Waals surface area contributed by atoms with Gasteiger partial charge >= 0.3 is 6.03 Å². The van der Waals surface area contributed by atoms with Crippen molar-refractivity contribution in [3.63, 3.8) is 0 Å². The van der Waals surface area contributed by atoms with Crippen molar-refractivity contribution in [2.75, 3.05) is 25.0 Å². The second kappa shape index (κ2) is 9.05. The van der Waals surface area contributed by atoms with Crippen molar-refractivity contribution in [3.8, 4) is 0 Å². The summed E-state index contributed by atoms with van der Waals surface area (Å²) in [5.74, 6) is 0. The Morgan fingerprint density at radius 3 is 2.63 bits per heavy atom. The Morgan fingerprint density at radius 2 is 1.89 bits per heavy atom. The van der Waals surface area contributed by atoms with Gasteiger partial charge in [-0.25, -0.2) is 4.79 Å². The second-order valence-electron chi connectivity index (χ2n) is 7.51. The lowest BCUT2D eigenvalue weighted by Gasteiger charge is -2.30. The van der Waals surface area contributed by atoms with E-state index >= 15 is 0 Å². The maximum Gasteiger partial charge on any atom is 0.322 e. The van der Waals surface area contributed by atoms with Crippen LogP contribution < -0.4 is 5.32 Å². The number of para-hydroxylation sites is 1. The van der Waals surface area contributed by atoms with Crippen LogP contribution >= 0.6 is 0 Å². The van der Waals surface area contributed by atoms with Gasteiger partial charge in [-0.15, -0.1) is 0 Å². The van der Waals surface area contributed by atoms with E-state index in [0.717, 1.165) is 50.3 Å². The van der Waals surface area contributed by atoms with Gasteiger partial charge in [0.25, 0.3) is 0 Å². The Bertz CT molecular complexity index is 759. The molecule has 1 aliphatic heterocycles. The van der Waals surface area contributed by atoms with Gasteiger partial charge in [0.05, 0.1) is 0 Å². The number of benzene rings is 2. The first-order chi connectivity index (χ1) is 13.1. The summed E-state index contributed by atoms with van der Waals surface area (Å²) >= 11 is 0. The molecule has 0 radical (unpaired) electrons. The van der Waals surface area contributed by atoms with E-state index in [2.05, 4.69) is 79.5 Å². The summed E-state index contributed by atoms with van der Waals surface area (Å²) in [6.07, 6.45) is 1.91. The molecule has 1 atom stereocenters. The summed E-state index contributed by atoms with van der Waals surface area (Å²) in [5.41, 5.74) is 4.62. The van der Waals surface area contributed by atoms with E-state index in [1.54, 1.807) is 0 Å². The van der Waals surface area contributed by atoms with Crippen molar-refractivity contribution in [3.05, 3.63) is 65.2 Å². The molecule has 0 aromatic heterocycles. The summed E-state index contributed by atoms with van der Waals surface area (Å²) in [4.78, 5) is 17.5. The molecule has 1 heterocycles. The van der Waals surface area contributed by atoms with E-state index in [1.165, 1.54) is 11.1 Å². The largest absolute Gasteiger partial charge is 0.322 e. The zero-order chi connectivity index (χ0) is 19.2. The van der Waals surface area contributed by atoms with Crippen molar-refractivity contribution < 1.29 is 4.79 Å². The number of urea groups is 1. The number of nitrogens with zero attached hydrogens (tertiary/aromatic N) is 2. The van der Waals surface area contributed by atoms with Gasteiger partial charge in [-0.1, -0.05) is 55.5 Å². The molecule has 0 aliphatic carbocycles. The zero-order valence-corrected chi connectivity index (χ0v) is 16.7. The average molecular weight is 366 g/mol. The number of hydrogen-bond acceptors (Lipinski definition) is 2. The highest BCUT2D eigenvalue weighted by Crippen LogP contribution is 2.22. The molecule has 0 spiro atoms. The standard InChI is InChI=1S/C23H31N3O/c1-4-21-13-8-10-18(2)22(21)24-23(27)26-15-9-14-25(16-19(26)3)17-20-11-6-5-7-12-20/h5-8,10-13,19H,4,9,14-17H2,1-3H3,(H,24,27). The maximum absolute atomic E-state index is 13.0. The van der Waals surface area contributed by atoms with Gasteiger partial charge in [-0.05, 0) is 43.4 Å². The highest BCUT2D eigenvalue weighted by Gasteiger charge is 2.26. The Balaban J connectivity index is 1.66. The molecular weight excluding hydrogens is 334 g/mol. The molecule has 1 aliphatic rings. The molecular formula is C23H31N3O. The van der Waals surface area contributed by atoms with E-state index < -0.39 is 0 Å². The SMILES string of the molecule is CCc1cccc(C)c1NC(=O)N1CCCN(Cc2ccccc2)CC1C. The van der Waals surface area contributed by atoms with Gasteiger partial charge < -0.3 is 10.2 Å². The molecule has 1 saturated heterocycles. The summed E-state index contributed by atoms with van der Waals surface area (Å²) in [6.45, 7) is 10.00. The van der Waals surface area contributed by atoms with Gasteiger partial charge in [0.1, 0.15) is 0 Å². The van der Waals surface area contributed by atoms with E-state index in [-0.39, 0.29) is 12.1 Å². The lowest BCUT2D eigenvalue weighted by Crippen LogP contribution is -2.44. The first kappa shape index (κ1) is 19.4. The quantitative estimate of drug-likeness (QED) is 0.853. The minimum Gasteiger partial charge on any atom is -0.320 e. The zero-order valence-electron chi connectivity index (χ0n) is 16.7. The second-order valence-corrected chi connectivity index (χ2v) is 7.51. The molecule has 4 nitrogen and oxygen atoms in total. The number of aryl methyl sites for hydroxylation is 2. The highest BCUT2D eigenvalue weighted by atomic mass is 16.2. The molecule has 0 bridgehead atoms. The van der Waals surface area contributed by atoms with Crippen LogP contribution in [0.5, 0.6) is 0 Å². The van der Waals surface area contributed by atoms with Crippen LogP contribution in [0, 0.1) is 6.92 Å². The van der Waals surface area contributed by atoms with Crippen molar-refractivity contribution in [1.29, 1.82) is 0 Å². The molecule has 2 aromatic rings. The molecule has 0 saturated carbocycles. The number of amides is 2. The minimum absolute atomic E-state index is 0.0214. The summed E-state index contributed by atoms with van der Waals surface area (Å²) in [6, 6.07) is 17.0. The van der Waals surface area contributed by atoms with Crippen molar-refractivity contribution in [2.45, 2.75) is 46.2 Å².